The van der Waals surface area contributed by atoms with Gasteiger partial charge in [-0.3, -0.25) is 4.68 Å². The van der Waals surface area contributed by atoms with Gasteiger partial charge in [0.05, 0.1) is 12.3 Å². The first kappa shape index (κ1) is 15.7. The van der Waals surface area contributed by atoms with Gasteiger partial charge < -0.3 is 5.11 Å². The Hall–Kier alpha value is -2.22. The van der Waals surface area contributed by atoms with E-state index in [1.807, 2.05) is 36.4 Å². The van der Waals surface area contributed by atoms with Crippen LogP contribution in [0.15, 0.2) is 59.8 Å². The van der Waals surface area contributed by atoms with Crippen LogP contribution in [0.25, 0.3) is 10.8 Å². The molecule has 0 aliphatic carbocycles. The van der Waals surface area contributed by atoms with Crippen LogP contribution in [0.5, 0.6) is 0 Å². The smallest absolute Gasteiger partial charge is 0.243 e. The maximum Gasteiger partial charge on any atom is 0.243 e. The molecule has 0 aliphatic rings. The van der Waals surface area contributed by atoms with Crippen molar-refractivity contribution >= 4 is 20.8 Å². The Morgan fingerprint density at radius 2 is 1.96 bits per heavy atom. The molecule has 0 spiro atoms. The number of rotatable bonds is 5. The van der Waals surface area contributed by atoms with Crippen LogP contribution in [0.1, 0.15) is 11.7 Å². The molecule has 1 unspecified atom stereocenters. The first-order chi connectivity index (χ1) is 11.0. The molecular weight excluding hydrogens is 314 g/mol. The van der Waals surface area contributed by atoms with E-state index < -0.39 is 16.1 Å². The van der Waals surface area contributed by atoms with Crippen LogP contribution in [0.2, 0.25) is 0 Å². The average Bonchev–Trinajstić information content (AvgIpc) is 2.99. The van der Waals surface area contributed by atoms with Crippen LogP contribution >= 0.6 is 0 Å². The Kier molecular flexibility index (Phi) is 4.16. The molecule has 1 aromatic heterocycles. The molecule has 2 N–H and O–H groups in total. The van der Waals surface area contributed by atoms with E-state index in [9.17, 15) is 13.5 Å². The molecule has 3 aromatic rings. The SMILES string of the molecule is Cn1cc(S(=O)(=O)NCC(O)c2cccc3ccccc23)cn1. The lowest BCUT2D eigenvalue weighted by Crippen LogP contribution is -2.28. The number of nitrogens with zero attached hydrogens (tertiary/aromatic N) is 2. The predicted molar refractivity (Wildman–Crippen MR) is 87.3 cm³/mol. The highest BCUT2D eigenvalue weighted by molar-refractivity contribution is 7.89. The van der Waals surface area contributed by atoms with Gasteiger partial charge in [-0.15, -0.1) is 0 Å². The number of aromatic nitrogens is 2. The van der Waals surface area contributed by atoms with E-state index in [0.717, 1.165) is 10.8 Å². The molecule has 6 nitrogen and oxygen atoms in total. The average molecular weight is 331 g/mol. The van der Waals surface area contributed by atoms with Crippen molar-refractivity contribution in [2.24, 2.45) is 7.05 Å². The summed E-state index contributed by atoms with van der Waals surface area (Å²) in [5, 5.41) is 16.1. The van der Waals surface area contributed by atoms with Crippen molar-refractivity contribution in [1.29, 1.82) is 0 Å². The zero-order valence-electron chi connectivity index (χ0n) is 12.5. The van der Waals surface area contributed by atoms with Gasteiger partial charge in [-0.25, -0.2) is 13.1 Å². The van der Waals surface area contributed by atoms with Crippen molar-refractivity contribution in [3.05, 3.63) is 60.4 Å². The summed E-state index contributed by atoms with van der Waals surface area (Å²) in [6.07, 6.45) is 1.74. The summed E-state index contributed by atoms with van der Waals surface area (Å²) in [5.41, 5.74) is 0.692. The molecule has 0 bridgehead atoms. The number of fused-ring (bicyclic) bond motifs is 1. The number of aliphatic hydroxyl groups excluding tert-OH is 1. The minimum Gasteiger partial charge on any atom is -0.387 e. The molecule has 3 rings (SSSR count). The van der Waals surface area contributed by atoms with Crippen molar-refractivity contribution in [3.63, 3.8) is 0 Å². The third-order valence-corrected chi connectivity index (χ3v) is 5.02. The van der Waals surface area contributed by atoms with Crippen molar-refractivity contribution in [2.45, 2.75) is 11.0 Å². The van der Waals surface area contributed by atoms with Gasteiger partial charge >= 0.3 is 0 Å². The van der Waals surface area contributed by atoms with Crippen LogP contribution in [0.3, 0.4) is 0 Å². The van der Waals surface area contributed by atoms with Crippen LogP contribution in [-0.4, -0.2) is 29.8 Å². The van der Waals surface area contributed by atoms with Crippen LogP contribution in [0, 0.1) is 0 Å². The minimum atomic E-state index is -3.69. The fourth-order valence-corrected chi connectivity index (χ4v) is 3.48. The third-order valence-electron chi connectivity index (χ3n) is 3.64. The summed E-state index contributed by atoms with van der Waals surface area (Å²) in [6, 6.07) is 13.3. The number of sulfonamides is 1. The highest BCUT2D eigenvalue weighted by Gasteiger charge is 2.19. The Labute approximate surface area is 134 Å². The van der Waals surface area contributed by atoms with Crippen molar-refractivity contribution < 1.29 is 13.5 Å². The summed E-state index contributed by atoms with van der Waals surface area (Å²) < 4.78 is 28.2. The lowest BCUT2D eigenvalue weighted by atomic mass is 10.0. The summed E-state index contributed by atoms with van der Waals surface area (Å²) in [5.74, 6) is 0. The first-order valence-electron chi connectivity index (χ1n) is 7.11. The summed E-state index contributed by atoms with van der Waals surface area (Å²) in [6.45, 7) is -0.106. The molecule has 0 amide bonds. The van der Waals surface area contributed by atoms with Crippen molar-refractivity contribution in [1.82, 2.24) is 14.5 Å². The van der Waals surface area contributed by atoms with E-state index in [1.54, 1.807) is 13.1 Å². The van der Waals surface area contributed by atoms with E-state index in [2.05, 4.69) is 9.82 Å². The van der Waals surface area contributed by atoms with Gasteiger partial charge in [-0.05, 0) is 16.3 Å². The normalized spacial score (nSPS) is 13.3. The van der Waals surface area contributed by atoms with Gasteiger partial charge in [-0.2, -0.15) is 5.10 Å². The standard InChI is InChI=1S/C16H17N3O3S/c1-19-11-13(9-17-19)23(21,22)18-10-16(20)15-8-4-6-12-5-2-3-7-14(12)15/h2-9,11,16,18,20H,10H2,1H3. The predicted octanol–water partition coefficient (Wildman–Crippen LogP) is 1.59. The number of nitrogens with one attached hydrogen (secondary N) is 1. The largest absolute Gasteiger partial charge is 0.387 e. The molecule has 23 heavy (non-hydrogen) atoms. The summed E-state index contributed by atoms with van der Waals surface area (Å²) >= 11 is 0. The zero-order chi connectivity index (χ0) is 16.4. The van der Waals surface area contributed by atoms with E-state index in [-0.39, 0.29) is 11.4 Å². The molecule has 0 saturated carbocycles. The molecule has 1 heterocycles. The van der Waals surface area contributed by atoms with Crippen molar-refractivity contribution in [2.75, 3.05) is 6.54 Å². The summed E-state index contributed by atoms with van der Waals surface area (Å²) in [4.78, 5) is 0.0742. The fourth-order valence-electron chi connectivity index (χ4n) is 2.46. The van der Waals surface area contributed by atoms with Gasteiger partial charge in [0, 0.05) is 19.8 Å². The second kappa shape index (κ2) is 6.11. The molecular formula is C16H17N3O3S. The Bertz CT molecular complexity index is 929. The Morgan fingerprint density at radius 3 is 2.70 bits per heavy atom. The third kappa shape index (κ3) is 3.26. The Morgan fingerprint density at radius 1 is 1.22 bits per heavy atom. The molecule has 2 aromatic carbocycles. The fraction of sp³-hybridized carbons (Fsp3) is 0.188. The molecule has 0 fully saturated rings. The van der Waals surface area contributed by atoms with Gasteiger partial charge in [0.25, 0.3) is 0 Å². The van der Waals surface area contributed by atoms with Gasteiger partial charge in [0.2, 0.25) is 10.0 Å². The molecule has 7 heteroatoms. The van der Waals surface area contributed by atoms with E-state index in [1.165, 1.54) is 17.1 Å². The quantitative estimate of drug-likeness (QED) is 0.743. The second-order valence-electron chi connectivity index (χ2n) is 5.29. The highest BCUT2D eigenvalue weighted by atomic mass is 32.2. The molecule has 0 saturated heterocycles. The highest BCUT2D eigenvalue weighted by Crippen LogP contribution is 2.24. The maximum absolute atomic E-state index is 12.2. The minimum absolute atomic E-state index is 0.0742. The number of aryl methyl sites for hydroxylation is 1. The van der Waals surface area contributed by atoms with E-state index in [0.29, 0.717) is 5.56 Å². The van der Waals surface area contributed by atoms with Gasteiger partial charge in [0.1, 0.15) is 4.90 Å². The number of hydrogen-bond acceptors (Lipinski definition) is 4. The zero-order valence-corrected chi connectivity index (χ0v) is 13.4. The van der Waals surface area contributed by atoms with Gasteiger partial charge in [-0.1, -0.05) is 42.5 Å². The van der Waals surface area contributed by atoms with Crippen molar-refractivity contribution in [3.8, 4) is 0 Å². The number of benzene rings is 2. The molecule has 0 radical (unpaired) electrons. The molecule has 120 valence electrons. The van der Waals surface area contributed by atoms with Crippen LogP contribution < -0.4 is 4.72 Å². The Balaban J connectivity index is 1.80. The van der Waals surface area contributed by atoms with Gasteiger partial charge in [0.15, 0.2) is 0 Å². The lowest BCUT2D eigenvalue weighted by Gasteiger charge is -2.14. The second-order valence-corrected chi connectivity index (χ2v) is 7.05. The summed E-state index contributed by atoms with van der Waals surface area (Å²) in [7, 11) is -2.05. The number of hydrogen-bond donors (Lipinski definition) is 2. The monoisotopic (exact) mass is 331 g/mol. The van der Waals surface area contributed by atoms with Crippen LogP contribution in [0.4, 0.5) is 0 Å². The van der Waals surface area contributed by atoms with E-state index in [4.69, 9.17) is 0 Å². The lowest BCUT2D eigenvalue weighted by molar-refractivity contribution is 0.183. The first-order valence-corrected chi connectivity index (χ1v) is 8.60. The topological polar surface area (TPSA) is 84.2 Å². The molecule has 1 atom stereocenters. The maximum atomic E-state index is 12.2. The molecule has 0 aliphatic heterocycles. The number of aliphatic hydroxyl groups is 1. The van der Waals surface area contributed by atoms with Crippen LogP contribution in [-0.2, 0) is 17.1 Å². The van der Waals surface area contributed by atoms with E-state index >= 15 is 0 Å².